The summed E-state index contributed by atoms with van der Waals surface area (Å²) in [5.41, 5.74) is 0.00102. The first-order valence-corrected chi connectivity index (χ1v) is 7.04. The molecule has 0 aromatic heterocycles. The lowest BCUT2D eigenvalue weighted by Gasteiger charge is -2.33. The second-order valence-electron chi connectivity index (χ2n) is 5.26. The highest BCUT2D eigenvalue weighted by molar-refractivity contribution is 6.04. The standard InChI is InChI=1S/C17H20O3/c1-2-12-20-16(19)17(11-7-6-10-15(17)18)13-14-8-4-3-5-9-14/h2-5,8-9H,1,6-7,10-13H2. The lowest BCUT2D eigenvalue weighted by atomic mass is 9.69. The molecule has 0 radical (unpaired) electrons. The predicted octanol–water partition coefficient (Wildman–Crippen LogP) is 3.09. The summed E-state index contributed by atoms with van der Waals surface area (Å²) in [6, 6.07) is 9.67. The predicted molar refractivity (Wildman–Crippen MR) is 77.2 cm³/mol. The molecule has 1 unspecified atom stereocenters. The van der Waals surface area contributed by atoms with Crippen molar-refractivity contribution in [1.82, 2.24) is 0 Å². The quantitative estimate of drug-likeness (QED) is 0.470. The fourth-order valence-corrected chi connectivity index (χ4v) is 2.78. The molecule has 3 nitrogen and oxygen atoms in total. The molecule has 20 heavy (non-hydrogen) atoms. The zero-order chi connectivity index (χ0) is 14.4. The summed E-state index contributed by atoms with van der Waals surface area (Å²) >= 11 is 0. The summed E-state index contributed by atoms with van der Waals surface area (Å²) in [6.45, 7) is 3.70. The number of carbonyl (C=O) groups is 2. The average Bonchev–Trinajstić information content (AvgIpc) is 2.48. The van der Waals surface area contributed by atoms with Gasteiger partial charge in [0.15, 0.2) is 5.78 Å². The molecule has 3 heteroatoms. The highest BCUT2D eigenvalue weighted by Gasteiger charge is 2.47. The van der Waals surface area contributed by atoms with Crippen LogP contribution < -0.4 is 0 Å². The van der Waals surface area contributed by atoms with Crippen molar-refractivity contribution in [2.45, 2.75) is 32.1 Å². The third-order valence-corrected chi connectivity index (χ3v) is 3.86. The molecule has 1 aromatic rings. The minimum absolute atomic E-state index is 0.0154. The Balaban J connectivity index is 2.26. The van der Waals surface area contributed by atoms with E-state index < -0.39 is 11.4 Å². The molecule has 1 aliphatic carbocycles. The first-order valence-electron chi connectivity index (χ1n) is 7.04. The third-order valence-electron chi connectivity index (χ3n) is 3.86. The maximum atomic E-state index is 12.4. The number of ether oxygens (including phenoxy) is 1. The van der Waals surface area contributed by atoms with Gasteiger partial charge in [0, 0.05) is 6.42 Å². The molecule has 106 valence electrons. The Kier molecular flexibility index (Phi) is 4.72. The smallest absolute Gasteiger partial charge is 0.320 e. The molecule has 1 atom stereocenters. The number of carbonyl (C=O) groups excluding carboxylic acids is 2. The molecule has 0 aliphatic heterocycles. The SMILES string of the molecule is C=CCOC(=O)C1(Cc2ccccc2)CCCCC1=O. The van der Waals surface area contributed by atoms with Crippen LogP contribution in [0.1, 0.15) is 31.2 Å². The molecule has 1 aromatic carbocycles. The van der Waals surface area contributed by atoms with E-state index in [4.69, 9.17) is 4.74 Å². The van der Waals surface area contributed by atoms with Crippen molar-refractivity contribution in [1.29, 1.82) is 0 Å². The van der Waals surface area contributed by atoms with Crippen LogP contribution >= 0.6 is 0 Å². The monoisotopic (exact) mass is 272 g/mol. The van der Waals surface area contributed by atoms with Gasteiger partial charge in [0.2, 0.25) is 0 Å². The van der Waals surface area contributed by atoms with Crippen molar-refractivity contribution in [2.75, 3.05) is 6.61 Å². The topological polar surface area (TPSA) is 43.4 Å². The maximum Gasteiger partial charge on any atom is 0.320 e. The highest BCUT2D eigenvalue weighted by Crippen LogP contribution is 2.37. The van der Waals surface area contributed by atoms with E-state index in [0.717, 1.165) is 18.4 Å². The first kappa shape index (κ1) is 14.5. The van der Waals surface area contributed by atoms with E-state index in [0.29, 0.717) is 19.3 Å². The number of hydrogen-bond acceptors (Lipinski definition) is 3. The van der Waals surface area contributed by atoms with E-state index in [-0.39, 0.29) is 12.4 Å². The summed E-state index contributed by atoms with van der Waals surface area (Å²) in [6.07, 6.45) is 4.77. The molecule has 0 bridgehead atoms. The van der Waals surface area contributed by atoms with Crippen molar-refractivity contribution < 1.29 is 14.3 Å². The Morgan fingerprint density at radius 1 is 1.30 bits per heavy atom. The van der Waals surface area contributed by atoms with Crippen molar-refractivity contribution in [3.05, 3.63) is 48.6 Å². The highest BCUT2D eigenvalue weighted by atomic mass is 16.5. The molecular formula is C17H20O3. The van der Waals surface area contributed by atoms with Crippen molar-refractivity contribution >= 4 is 11.8 Å². The second kappa shape index (κ2) is 6.51. The Bertz CT molecular complexity index is 492. The molecule has 0 spiro atoms. The first-order chi connectivity index (χ1) is 9.69. The maximum absolute atomic E-state index is 12.4. The van der Waals surface area contributed by atoms with Crippen LogP contribution in [0, 0.1) is 5.41 Å². The van der Waals surface area contributed by atoms with Gasteiger partial charge in [0.1, 0.15) is 12.0 Å². The van der Waals surface area contributed by atoms with Crippen molar-refractivity contribution in [2.24, 2.45) is 5.41 Å². The molecule has 1 aliphatic rings. The van der Waals surface area contributed by atoms with E-state index in [2.05, 4.69) is 6.58 Å². The van der Waals surface area contributed by atoms with Crippen LogP contribution in [0.25, 0.3) is 0 Å². The molecule has 2 rings (SSSR count). The lowest BCUT2D eigenvalue weighted by molar-refractivity contribution is -0.161. The number of rotatable bonds is 5. The normalized spacial score (nSPS) is 22.3. The van der Waals surface area contributed by atoms with Crippen molar-refractivity contribution in [3.63, 3.8) is 0 Å². The van der Waals surface area contributed by atoms with Gasteiger partial charge in [0.25, 0.3) is 0 Å². The molecule has 0 saturated heterocycles. The summed E-state index contributed by atoms with van der Waals surface area (Å²) in [7, 11) is 0. The zero-order valence-corrected chi connectivity index (χ0v) is 11.6. The zero-order valence-electron chi connectivity index (χ0n) is 11.6. The Labute approximate surface area is 119 Å². The van der Waals surface area contributed by atoms with E-state index in [1.165, 1.54) is 6.08 Å². The molecule has 0 amide bonds. The molecule has 1 saturated carbocycles. The summed E-state index contributed by atoms with van der Waals surface area (Å²) in [4.78, 5) is 24.8. The van der Waals surface area contributed by atoms with Crippen LogP contribution in [-0.4, -0.2) is 18.4 Å². The molecule has 0 heterocycles. The van der Waals surface area contributed by atoms with Crippen LogP contribution in [-0.2, 0) is 20.7 Å². The molecule has 1 fully saturated rings. The number of esters is 1. The number of benzene rings is 1. The summed E-state index contributed by atoms with van der Waals surface area (Å²) < 4.78 is 5.20. The van der Waals surface area contributed by atoms with Crippen LogP contribution in [0.4, 0.5) is 0 Å². The Hall–Kier alpha value is -1.90. The lowest BCUT2D eigenvalue weighted by Crippen LogP contribution is -2.44. The second-order valence-corrected chi connectivity index (χ2v) is 5.26. The fraction of sp³-hybridized carbons (Fsp3) is 0.412. The van der Waals surface area contributed by atoms with Crippen LogP contribution in [0.2, 0.25) is 0 Å². The van der Waals surface area contributed by atoms with Gasteiger partial charge in [-0.3, -0.25) is 9.59 Å². The van der Waals surface area contributed by atoms with Crippen molar-refractivity contribution in [3.8, 4) is 0 Å². The van der Waals surface area contributed by atoms with E-state index >= 15 is 0 Å². The van der Waals surface area contributed by atoms with Crippen LogP contribution in [0.3, 0.4) is 0 Å². The van der Waals surface area contributed by atoms with Gasteiger partial charge in [0.05, 0.1) is 0 Å². The molecule has 0 N–H and O–H groups in total. The van der Waals surface area contributed by atoms with E-state index in [1.54, 1.807) is 0 Å². The number of Topliss-reactive ketones (excluding diaryl/α,β-unsaturated/α-hetero) is 1. The van der Waals surface area contributed by atoms with Crippen LogP contribution in [0.5, 0.6) is 0 Å². The van der Waals surface area contributed by atoms with Gasteiger partial charge in [-0.15, -0.1) is 0 Å². The number of ketones is 1. The fourth-order valence-electron chi connectivity index (χ4n) is 2.78. The average molecular weight is 272 g/mol. The van der Waals surface area contributed by atoms with Gasteiger partial charge in [-0.2, -0.15) is 0 Å². The van der Waals surface area contributed by atoms with Gasteiger partial charge in [-0.25, -0.2) is 0 Å². The summed E-state index contributed by atoms with van der Waals surface area (Å²) in [5.74, 6) is -0.382. The van der Waals surface area contributed by atoms with E-state index in [1.807, 2.05) is 30.3 Å². The third kappa shape index (κ3) is 2.98. The summed E-state index contributed by atoms with van der Waals surface area (Å²) in [5, 5.41) is 0. The van der Waals surface area contributed by atoms with Gasteiger partial charge < -0.3 is 4.74 Å². The number of hydrogen-bond donors (Lipinski definition) is 0. The van der Waals surface area contributed by atoms with Crippen LogP contribution in [0.15, 0.2) is 43.0 Å². The Morgan fingerprint density at radius 2 is 2.05 bits per heavy atom. The minimum atomic E-state index is -0.997. The van der Waals surface area contributed by atoms with Gasteiger partial charge in [-0.05, 0) is 24.8 Å². The van der Waals surface area contributed by atoms with Gasteiger partial charge in [-0.1, -0.05) is 49.4 Å². The molecular weight excluding hydrogens is 252 g/mol. The largest absolute Gasteiger partial charge is 0.461 e. The van der Waals surface area contributed by atoms with Gasteiger partial charge >= 0.3 is 5.97 Å². The minimum Gasteiger partial charge on any atom is -0.461 e. The Morgan fingerprint density at radius 3 is 2.70 bits per heavy atom. The van der Waals surface area contributed by atoms with E-state index in [9.17, 15) is 9.59 Å².